The van der Waals surface area contributed by atoms with E-state index in [1.807, 2.05) is 0 Å². The number of hydrogen-bond acceptors (Lipinski definition) is 6. The number of amides is 1. The Balaban J connectivity index is 1.51. The van der Waals surface area contributed by atoms with Crippen LogP contribution < -0.4 is 4.74 Å². The lowest BCUT2D eigenvalue weighted by atomic mass is 9.99. The molecule has 0 spiro atoms. The summed E-state index contributed by atoms with van der Waals surface area (Å²) in [5.74, 6) is -2.99. The highest BCUT2D eigenvalue weighted by Gasteiger charge is 2.29. The largest absolute Gasteiger partial charge is 0.475 e. The number of ether oxygens (including phenoxy) is 1. The van der Waals surface area contributed by atoms with E-state index in [1.54, 1.807) is 19.3 Å². The molecule has 2 aromatic heterocycles. The third-order valence-corrected chi connectivity index (χ3v) is 6.02. The zero-order valence-corrected chi connectivity index (χ0v) is 19.4. The molecule has 0 saturated carbocycles. The third kappa shape index (κ3) is 4.34. The van der Waals surface area contributed by atoms with E-state index in [0.717, 1.165) is 23.3 Å². The summed E-state index contributed by atoms with van der Waals surface area (Å²) in [6.45, 7) is -2.98. The first-order chi connectivity index (χ1) is 17.4. The highest BCUT2D eigenvalue weighted by molar-refractivity contribution is 7.90. The molecular formula is C24H20F2N4O4S. The second-order valence-electron chi connectivity index (χ2n) is 8.19. The van der Waals surface area contributed by atoms with E-state index in [2.05, 4.69) is 10.1 Å². The van der Waals surface area contributed by atoms with Gasteiger partial charge in [-0.25, -0.2) is 17.2 Å². The molecule has 11 heteroatoms. The molecule has 35 heavy (non-hydrogen) atoms. The number of aromatic nitrogens is 3. The molecule has 1 aliphatic heterocycles. The Morgan fingerprint density at radius 1 is 1.17 bits per heavy atom. The molecule has 0 aliphatic carbocycles. The van der Waals surface area contributed by atoms with Crippen molar-refractivity contribution in [1.29, 1.82) is 0 Å². The van der Waals surface area contributed by atoms with Gasteiger partial charge in [-0.3, -0.25) is 14.5 Å². The van der Waals surface area contributed by atoms with Gasteiger partial charge < -0.3 is 9.64 Å². The summed E-state index contributed by atoms with van der Waals surface area (Å²) in [5.41, 5.74) is 0.381. The van der Waals surface area contributed by atoms with Crippen molar-refractivity contribution in [1.82, 2.24) is 19.7 Å². The van der Waals surface area contributed by atoms with Crippen molar-refractivity contribution in [2.75, 3.05) is 12.2 Å². The standard InChI is InChI=1S/C24H20F2N4O4S/c1-29-10-17-15(5-6-22(23(17)28-29)34-13-35(2,32)33)14-8-19(25)18(20(26)9-14)11-30-12-21-16(24(30)31)4-3-7-27-21/h3-10H,11-13H2,1-2H3/i12D2. The summed E-state index contributed by atoms with van der Waals surface area (Å²) < 4.78 is 77.0. The molecule has 0 N–H and O–H groups in total. The van der Waals surface area contributed by atoms with Crippen molar-refractivity contribution in [3.05, 3.63) is 77.2 Å². The predicted molar refractivity (Wildman–Crippen MR) is 124 cm³/mol. The van der Waals surface area contributed by atoms with E-state index in [-0.39, 0.29) is 22.6 Å². The SMILES string of the molecule is [2H]C1([2H])c2ncccc2C(=O)N1Cc1c(F)cc(-c2ccc(OCS(C)(=O)=O)c3nn(C)cc23)cc1F. The monoisotopic (exact) mass is 500 g/mol. The number of nitrogens with zero attached hydrogens (tertiary/aromatic N) is 4. The van der Waals surface area contributed by atoms with Gasteiger partial charge in [-0.05, 0) is 47.5 Å². The summed E-state index contributed by atoms with van der Waals surface area (Å²) in [5, 5.41) is 4.77. The summed E-state index contributed by atoms with van der Waals surface area (Å²) in [7, 11) is -1.78. The number of pyridine rings is 1. The molecule has 5 rings (SSSR count). The Hall–Kier alpha value is -3.86. The Morgan fingerprint density at radius 2 is 1.91 bits per heavy atom. The lowest BCUT2D eigenvalue weighted by molar-refractivity contribution is 0.0763. The zero-order valence-electron chi connectivity index (χ0n) is 20.6. The molecule has 180 valence electrons. The maximum absolute atomic E-state index is 15.3. The fourth-order valence-electron chi connectivity index (χ4n) is 3.90. The number of hydrogen-bond donors (Lipinski definition) is 0. The van der Waals surface area contributed by atoms with Gasteiger partial charge in [-0.1, -0.05) is 0 Å². The molecule has 1 amide bonds. The molecule has 1 aliphatic rings. The van der Waals surface area contributed by atoms with Crippen molar-refractivity contribution < 1.29 is 29.5 Å². The minimum atomic E-state index is -3.42. The second-order valence-corrected chi connectivity index (χ2v) is 10.3. The van der Waals surface area contributed by atoms with Gasteiger partial charge in [0, 0.05) is 36.6 Å². The zero-order chi connectivity index (χ0) is 26.7. The van der Waals surface area contributed by atoms with Crippen LogP contribution in [0, 0.1) is 11.6 Å². The van der Waals surface area contributed by atoms with Crippen LogP contribution in [0.5, 0.6) is 5.75 Å². The number of sulfone groups is 1. The van der Waals surface area contributed by atoms with E-state index in [4.69, 9.17) is 7.48 Å². The van der Waals surface area contributed by atoms with Crippen molar-refractivity contribution in [3.8, 4) is 16.9 Å². The van der Waals surface area contributed by atoms with Crippen molar-refractivity contribution in [2.24, 2.45) is 7.05 Å². The minimum Gasteiger partial charge on any atom is -0.475 e. The summed E-state index contributed by atoms with van der Waals surface area (Å²) in [4.78, 5) is 17.5. The molecule has 0 unspecified atom stereocenters. The van der Waals surface area contributed by atoms with Crippen molar-refractivity contribution in [2.45, 2.75) is 13.0 Å². The Morgan fingerprint density at radius 3 is 2.60 bits per heavy atom. The highest BCUT2D eigenvalue weighted by Crippen LogP contribution is 2.35. The van der Waals surface area contributed by atoms with Gasteiger partial charge in [0.05, 0.1) is 27.0 Å². The number of carbonyl (C=O) groups is 1. The van der Waals surface area contributed by atoms with Crippen LogP contribution in [0.25, 0.3) is 22.0 Å². The first-order valence-electron chi connectivity index (χ1n) is 11.4. The Bertz CT molecular complexity index is 1670. The van der Waals surface area contributed by atoms with E-state index in [0.29, 0.717) is 16.5 Å². The normalized spacial score (nSPS) is 15.8. The van der Waals surface area contributed by atoms with Crippen molar-refractivity contribution >= 4 is 26.6 Å². The molecule has 2 aromatic carbocycles. The number of carbonyl (C=O) groups excluding carboxylic acids is 1. The van der Waals surface area contributed by atoms with Gasteiger partial charge in [0.25, 0.3) is 5.91 Å². The molecule has 0 fully saturated rings. The Kier molecular flexibility index (Phi) is 4.93. The van der Waals surface area contributed by atoms with Crippen LogP contribution in [0.4, 0.5) is 8.78 Å². The van der Waals surface area contributed by atoms with E-state index in [1.165, 1.54) is 29.1 Å². The first-order valence-corrected chi connectivity index (χ1v) is 12.5. The average molecular weight is 501 g/mol. The highest BCUT2D eigenvalue weighted by atomic mass is 32.2. The number of rotatable bonds is 6. The molecule has 4 aromatic rings. The molecule has 0 bridgehead atoms. The number of benzene rings is 2. The fraction of sp³-hybridized carbons (Fsp3) is 0.208. The molecule has 0 saturated heterocycles. The van der Waals surface area contributed by atoms with Crippen LogP contribution >= 0.6 is 0 Å². The maximum Gasteiger partial charge on any atom is 0.256 e. The van der Waals surface area contributed by atoms with E-state index in [9.17, 15) is 13.2 Å². The van der Waals surface area contributed by atoms with Gasteiger partial charge in [0.2, 0.25) is 0 Å². The number of halogens is 2. The van der Waals surface area contributed by atoms with Gasteiger partial charge >= 0.3 is 0 Å². The maximum atomic E-state index is 15.3. The van der Waals surface area contributed by atoms with Crippen LogP contribution in [0.3, 0.4) is 0 Å². The topological polar surface area (TPSA) is 94.4 Å². The minimum absolute atomic E-state index is 0.0436. The number of aryl methyl sites for hydroxylation is 1. The third-order valence-electron chi connectivity index (χ3n) is 5.47. The molecule has 8 nitrogen and oxygen atoms in total. The van der Waals surface area contributed by atoms with Crippen LogP contribution in [0.15, 0.2) is 48.8 Å². The van der Waals surface area contributed by atoms with E-state index < -0.39 is 51.9 Å². The smallest absolute Gasteiger partial charge is 0.256 e. The quantitative estimate of drug-likeness (QED) is 0.403. The second kappa shape index (κ2) is 8.42. The Labute approximate surface area is 202 Å². The van der Waals surface area contributed by atoms with Crippen LogP contribution in [-0.4, -0.2) is 46.2 Å². The van der Waals surface area contributed by atoms with Crippen LogP contribution in [0.1, 0.15) is 24.4 Å². The molecule has 3 heterocycles. The van der Waals surface area contributed by atoms with E-state index >= 15 is 8.78 Å². The predicted octanol–water partition coefficient (Wildman–Crippen LogP) is 3.45. The van der Waals surface area contributed by atoms with Gasteiger partial charge in [0.1, 0.15) is 22.9 Å². The molecule has 0 atom stereocenters. The fourth-order valence-corrected chi connectivity index (χ4v) is 4.25. The first kappa shape index (κ1) is 20.5. The molecular weight excluding hydrogens is 478 g/mol. The van der Waals surface area contributed by atoms with Crippen LogP contribution in [0.2, 0.25) is 0 Å². The summed E-state index contributed by atoms with van der Waals surface area (Å²) in [6, 6.07) is 8.11. The van der Waals surface area contributed by atoms with Gasteiger partial charge in [0.15, 0.2) is 15.8 Å². The van der Waals surface area contributed by atoms with Crippen LogP contribution in [-0.2, 0) is 29.9 Å². The van der Waals surface area contributed by atoms with Crippen molar-refractivity contribution in [3.63, 3.8) is 0 Å². The lowest BCUT2D eigenvalue weighted by Gasteiger charge is -2.17. The lowest BCUT2D eigenvalue weighted by Crippen LogP contribution is -2.24. The average Bonchev–Trinajstić information content (AvgIpc) is 3.30. The van der Waals surface area contributed by atoms with Gasteiger partial charge in [-0.2, -0.15) is 5.10 Å². The number of fused-ring (bicyclic) bond motifs is 2. The molecule has 0 radical (unpaired) electrons. The van der Waals surface area contributed by atoms with Gasteiger partial charge in [-0.15, -0.1) is 0 Å². The summed E-state index contributed by atoms with van der Waals surface area (Å²) >= 11 is 0. The summed E-state index contributed by atoms with van der Waals surface area (Å²) in [6.07, 6.45) is 3.99.